The molecule has 0 bridgehead atoms. The molecule has 1 aromatic rings. The quantitative estimate of drug-likeness (QED) is 0.801. The van der Waals surface area contributed by atoms with Crippen molar-refractivity contribution < 1.29 is 13.2 Å². The van der Waals surface area contributed by atoms with E-state index < -0.39 is 10.0 Å². The van der Waals surface area contributed by atoms with Crippen LogP contribution in [0.5, 0.6) is 0 Å². The molecular weight excluding hydrogens is 264 g/mol. The van der Waals surface area contributed by atoms with Crippen LogP contribution in [0.2, 0.25) is 0 Å². The van der Waals surface area contributed by atoms with Gasteiger partial charge in [-0.25, -0.2) is 13.1 Å². The van der Waals surface area contributed by atoms with E-state index in [4.69, 9.17) is 10.5 Å². The van der Waals surface area contributed by atoms with Crippen molar-refractivity contribution in [2.24, 2.45) is 0 Å². The Bertz CT molecular complexity index is 537. The lowest BCUT2D eigenvalue weighted by Crippen LogP contribution is -2.27. The van der Waals surface area contributed by atoms with Gasteiger partial charge in [-0.3, -0.25) is 0 Å². The van der Waals surface area contributed by atoms with Gasteiger partial charge in [0.15, 0.2) is 0 Å². The molecule has 1 aliphatic rings. The van der Waals surface area contributed by atoms with Gasteiger partial charge in [0.25, 0.3) is 0 Å². The first-order valence-corrected chi connectivity index (χ1v) is 7.95. The van der Waals surface area contributed by atoms with E-state index in [-0.39, 0.29) is 11.0 Å². The Labute approximate surface area is 114 Å². The zero-order valence-corrected chi connectivity index (χ0v) is 11.9. The van der Waals surface area contributed by atoms with Crippen molar-refractivity contribution in [2.45, 2.75) is 37.2 Å². The second-order valence-electron chi connectivity index (χ2n) is 4.84. The van der Waals surface area contributed by atoms with Crippen molar-refractivity contribution in [3.8, 4) is 0 Å². The van der Waals surface area contributed by atoms with Crippen LogP contribution >= 0.6 is 0 Å². The first-order valence-electron chi connectivity index (χ1n) is 6.46. The molecule has 2 rings (SSSR count). The average molecular weight is 284 g/mol. The number of hydrogen-bond acceptors (Lipinski definition) is 4. The number of benzene rings is 1. The van der Waals surface area contributed by atoms with Gasteiger partial charge in [-0.2, -0.15) is 0 Å². The molecule has 6 heteroatoms. The summed E-state index contributed by atoms with van der Waals surface area (Å²) >= 11 is 0. The molecule has 106 valence electrons. The summed E-state index contributed by atoms with van der Waals surface area (Å²) in [5.74, 6) is 0. The summed E-state index contributed by atoms with van der Waals surface area (Å²) in [4.78, 5) is 0.211. The van der Waals surface area contributed by atoms with Crippen LogP contribution in [0.3, 0.4) is 0 Å². The fraction of sp³-hybridized carbons (Fsp3) is 0.538. The van der Waals surface area contributed by atoms with Crippen LogP contribution in [0.1, 0.15) is 24.8 Å². The molecule has 1 heterocycles. The van der Waals surface area contributed by atoms with Crippen LogP contribution in [-0.4, -0.2) is 27.7 Å². The third-order valence-corrected chi connectivity index (χ3v) is 4.80. The fourth-order valence-electron chi connectivity index (χ4n) is 2.10. The zero-order chi connectivity index (χ0) is 13.9. The maximum atomic E-state index is 12.1. The summed E-state index contributed by atoms with van der Waals surface area (Å²) in [6.45, 7) is 3.02. The molecule has 1 atom stereocenters. The number of rotatable bonds is 5. The van der Waals surface area contributed by atoms with E-state index in [2.05, 4.69) is 4.72 Å². The predicted molar refractivity (Wildman–Crippen MR) is 74.4 cm³/mol. The SMILES string of the molecule is Cc1ccc(S(=O)(=O)NCCC2CCCO2)cc1N. The molecule has 5 nitrogen and oxygen atoms in total. The lowest BCUT2D eigenvalue weighted by atomic mass is 10.2. The van der Waals surface area contributed by atoms with Crippen molar-refractivity contribution in [1.29, 1.82) is 0 Å². The third kappa shape index (κ3) is 3.68. The number of nitrogens with one attached hydrogen (secondary N) is 1. The molecule has 0 aliphatic carbocycles. The number of nitrogen functional groups attached to an aromatic ring is 1. The summed E-state index contributed by atoms with van der Waals surface area (Å²) in [7, 11) is -3.48. The normalized spacial score (nSPS) is 19.7. The van der Waals surface area contributed by atoms with Gasteiger partial charge in [-0.15, -0.1) is 0 Å². The highest BCUT2D eigenvalue weighted by atomic mass is 32.2. The standard InChI is InChI=1S/C13H20N2O3S/c1-10-4-5-12(9-13(10)14)19(16,17)15-7-6-11-3-2-8-18-11/h4-5,9,11,15H,2-3,6-8,14H2,1H3. The largest absolute Gasteiger partial charge is 0.398 e. The molecule has 1 unspecified atom stereocenters. The van der Waals surface area contributed by atoms with Crippen LogP contribution in [0.25, 0.3) is 0 Å². The Hall–Kier alpha value is -1.11. The van der Waals surface area contributed by atoms with E-state index >= 15 is 0 Å². The van der Waals surface area contributed by atoms with Gasteiger partial charge in [0, 0.05) is 18.8 Å². The lowest BCUT2D eigenvalue weighted by molar-refractivity contribution is 0.105. The molecule has 0 spiro atoms. The molecule has 1 saturated heterocycles. The van der Waals surface area contributed by atoms with Gasteiger partial charge in [0.05, 0.1) is 11.0 Å². The summed E-state index contributed by atoms with van der Waals surface area (Å²) in [5, 5.41) is 0. The molecule has 3 N–H and O–H groups in total. The lowest BCUT2D eigenvalue weighted by Gasteiger charge is -2.11. The number of ether oxygens (including phenoxy) is 1. The van der Waals surface area contributed by atoms with Crippen LogP contribution in [-0.2, 0) is 14.8 Å². The summed E-state index contributed by atoms with van der Waals surface area (Å²) < 4.78 is 32.2. The Morgan fingerprint density at radius 1 is 1.47 bits per heavy atom. The van der Waals surface area contributed by atoms with Crippen LogP contribution in [0.4, 0.5) is 5.69 Å². The highest BCUT2D eigenvalue weighted by molar-refractivity contribution is 7.89. The number of anilines is 1. The van der Waals surface area contributed by atoms with Gasteiger partial charge in [0.2, 0.25) is 10.0 Å². The van der Waals surface area contributed by atoms with Gasteiger partial charge in [0.1, 0.15) is 0 Å². The Balaban J connectivity index is 1.95. The van der Waals surface area contributed by atoms with E-state index in [1.54, 1.807) is 12.1 Å². The van der Waals surface area contributed by atoms with Crippen molar-refractivity contribution in [1.82, 2.24) is 4.72 Å². The zero-order valence-electron chi connectivity index (χ0n) is 11.1. The van der Waals surface area contributed by atoms with E-state index in [0.29, 0.717) is 18.7 Å². The van der Waals surface area contributed by atoms with E-state index in [1.807, 2.05) is 6.92 Å². The van der Waals surface area contributed by atoms with E-state index in [0.717, 1.165) is 25.0 Å². The summed E-state index contributed by atoms with van der Waals surface area (Å²) in [6.07, 6.45) is 2.97. The molecule has 1 aromatic carbocycles. The molecule has 1 fully saturated rings. The summed E-state index contributed by atoms with van der Waals surface area (Å²) in [5.41, 5.74) is 7.09. The molecular formula is C13H20N2O3S. The Morgan fingerprint density at radius 2 is 2.26 bits per heavy atom. The smallest absolute Gasteiger partial charge is 0.240 e. The molecule has 0 amide bonds. The number of hydrogen-bond donors (Lipinski definition) is 2. The molecule has 0 saturated carbocycles. The predicted octanol–water partition coefficient (Wildman–Crippen LogP) is 1.42. The van der Waals surface area contributed by atoms with Gasteiger partial charge in [-0.05, 0) is 43.9 Å². The maximum absolute atomic E-state index is 12.1. The van der Waals surface area contributed by atoms with Crippen LogP contribution < -0.4 is 10.5 Å². The minimum Gasteiger partial charge on any atom is -0.398 e. The van der Waals surface area contributed by atoms with Gasteiger partial charge >= 0.3 is 0 Å². The monoisotopic (exact) mass is 284 g/mol. The first kappa shape index (κ1) is 14.3. The van der Waals surface area contributed by atoms with Crippen molar-refractivity contribution in [3.63, 3.8) is 0 Å². The number of nitrogens with two attached hydrogens (primary N) is 1. The first-order chi connectivity index (χ1) is 8.99. The Kier molecular flexibility index (Phi) is 4.44. The minimum absolute atomic E-state index is 0.186. The topological polar surface area (TPSA) is 81.4 Å². The number of sulfonamides is 1. The fourth-order valence-corrected chi connectivity index (χ4v) is 3.18. The second kappa shape index (κ2) is 5.90. The highest BCUT2D eigenvalue weighted by Gasteiger charge is 2.18. The molecule has 19 heavy (non-hydrogen) atoms. The molecule has 0 aromatic heterocycles. The number of aryl methyl sites for hydroxylation is 1. The van der Waals surface area contributed by atoms with E-state index in [1.165, 1.54) is 6.07 Å². The van der Waals surface area contributed by atoms with Gasteiger partial charge in [-0.1, -0.05) is 6.07 Å². The van der Waals surface area contributed by atoms with Crippen molar-refractivity contribution in [2.75, 3.05) is 18.9 Å². The third-order valence-electron chi connectivity index (χ3n) is 3.34. The van der Waals surface area contributed by atoms with Crippen LogP contribution in [0, 0.1) is 6.92 Å². The van der Waals surface area contributed by atoms with Gasteiger partial charge < -0.3 is 10.5 Å². The maximum Gasteiger partial charge on any atom is 0.240 e. The average Bonchev–Trinajstić information content (AvgIpc) is 2.85. The Morgan fingerprint density at radius 3 is 2.89 bits per heavy atom. The second-order valence-corrected chi connectivity index (χ2v) is 6.61. The van der Waals surface area contributed by atoms with Crippen molar-refractivity contribution in [3.05, 3.63) is 23.8 Å². The molecule has 0 radical (unpaired) electrons. The summed E-state index contributed by atoms with van der Waals surface area (Å²) in [6, 6.07) is 4.77. The molecule has 1 aliphatic heterocycles. The highest BCUT2D eigenvalue weighted by Crippen LogP contribution is 2.18. The van der Waals surface area contributed by atoms with E-state index in [9.17, 15) is 8.42 Å². The van der Waals surface area contributed by atoms with Crippen LogP contribution in [0.15, 0.2) is 23.1 Å². The van der Waals surface area contributed by atoms with Crippen molar-refractivity contribution >= 4 is 15.7 Å². The minimum atomic E-state index is -3.48.